The van der Waals surface area contributed by atoms with Gasteiger partial charge in [0.1, 0.15) is 16.9 Å². The van der Waals surface area contributed by atoms with E-state index in [1.54, 1.807) is 36.3 Å². The summed E-state index contributed by atoms with van der Waals surface area (Å²) in [6.07, 6.45) is 0. The van der Waals surface area contributed by atoms with Gasteiger partial charge in [0, 0.05) is 42.8 Å². The number of ether oxygens (including phenoxy) is 1. The van der Waals surface area contributed by atoms with Crippen molar-refractivity contribution in [1.82, 2.24) is 4.90 Å². The van der Waals surface area contributed by atoms with Crippen LogP contribution in [0.15, 0.2) is 57.7 Å². The van der Waals surface area contributed by atoms with E-state index >= 15 is 0 Å². The predicted octanol–water partition coefficient (Wildman–Crippen LogP) is 3.46. The van der Waals surface area contributed by atoms with Gasteiger partial charge >= 0.3 is 5.63 Å². The summed E-state index contributed by atoms with van der Waals surface area (Å²) in [5.41, 5.74) is 2.22. The molecule has 4 rings (SSSR count). The Morgan fingerprint density at radius 2 is 1.97 bits per heavy atom. The van der Waals surface area contributed by atoms with Crippen LogP contribution in [0.5, 0.6) is 5.75 Å². The topological polar surface area (TPSA) is 63.0 Å². The van der Waals surface area contributed by atoms with E-state index in [4.69, 9.17) is 9.15 Å². The number of benzene rings is 2. The van der Waals surface area contributed by atoms with Crippen molar-refractivity contribution in [3.63, 3.8) is 0 Å². The third kappa shape index (κ3) is 3.70. The molecule has 0 saturated carbocycles. The van der Waals surface area contributed by atoms with Gasteiger partial charge in [-0.05, 0) is 49.7 Å². The van der Waals surface area contributed by atoms with Gasteiger partial charge in [0.25, 0.3) is 5.91 Å². The molecule has 2 heterocycles. The number of methoxy groups -OCH3 is 1. The number of fused-ring (bicyclic) bond motifs is 1. The number of hydrogen-bond donors (Lipinski definition) is 0. The van der Waals surface area contributed by atoms with Crippen LogP contribution in [0.2, 0.25) is 0 Å². The molecule has 1 saturated heterocycles. The molecule has 6 nitrogen and oxygen atoms in total. The van der Waals surface area contributed by atoms with Gasteiger partial charge in [0.2, 0.25) is 0 Å². The number of rotatable bonds is 3. The van der Waals surface area contributed by atoms with Gasteiger partial charge in [0.15, 0.2) is 0 Å². The highest BCUT2D eigenvalue weighted by Crippen LogP contribution is 2.24. The van der Waals surface area contributed by atoms with E-state index < -0.39 is 5.63 Å². The summed E-state index contributed by atoms with van der Waals surface area (Å²) in [5, 5.41) is 0.695. The Labute approximate surface area is 169 Å². The molecule has 0 bridgehead atoms. The second-order valence-electron chi connectivity index (χ2n) is 7.48. The molecule has 1 aromatic heterocycles. The molecule has 1 amide bonds. The average molecular weight is 392 g/mol. The van der Waals surface area contributed by atoms with Crippen molar-refractivity contribution in [3.05, 3.63) is 70.1 Å². The number of nitrogens with zero attached hydrogens (tertiary/aromatic N) is 2. The molecule has 1 fully saturated rings. The Bertz CT molecular complexity index is 1120. The molecule has 6 heteroatoms. The summed E-state index contributed by atoms with van der Waals surface area (Å²) in [7, 11) is 1.55. The Hall–Kier alpha value is -3.28. The van der Waals surface area contributed by atoms with Crippen LogP contribution in [0.4, 0.5) is 5.69 Å². The molecule has 2 aromatic carbocycles. The van der Waals surface area contributed by atoms with E-state index in [-0.39, 0.29) is 17.5 Å². The molecule has 1 aliphatic heterocycles. The van der Waals surface area contributed by atoms with Gasteiger partial charge in [-0.1, -0.05) is 12.1 Å². The van der Waals surface area contributed by atoms with Crippen molar-refractivity contribution in [2.75, 3.05) is 31.6 Å². The first-order valence-electron chi connectivity index (χ1n) is 9.71. The first-order valence-corrected chi connectivity index (χ1v) is 9.71. The number of hydrogen-bond acceptors (Lipinski definition) is 5. The maximum Gasteiger partial charge on any atom is 0.349 e. The normalized spacial score (nSPS) is 16.9. The highest BCUT2D eigenvalue weighted by Gasteiger charge is 2.29. The molecule has 29 heavy (non-hydrogen) atoms. The largest absolute Gasteiger partial charge is 0.497 e. The Balaban J connectivity index is 1.56. The number of aryl methyl sites for hydroxylation is 1. The van der Waals surface area contributed by atoms with Gasteiger partial charge in [-0.3, -0.25) is 4.79 Å². The monoisotopic (exact) mass is 392 g/mol. The van der Waals surface area contributed by atoms with Crippen LogP contribution in [-0.2, 0) is 0 Å². The predicted molar refractivity (Wildman–Crippen MR) is 113 cm³/mol. The molecule has 1 atom stereocenters. The minimum Gasteiger partial charge on any atom is -0.497 e. The maximum atomic E-state index is 13.1. The lowest BCUT2D eigenvalue weighted by Gasteiger charge is -2.41. The zero-order valence-corrected chi connectivity index (χ0v) is 16.8. The van der Waals surface area contributed by atoms with Crippen LogP contribution in [0, 0.1) is 6.92 Å². The van der Waals surface area contributed by atoms with Gasteiger partial charge in [0.05, 0.1) is 7.11 Å². The summed E-state index contributed by atoms with van der Waals surface area (Å²) in [5.74, 6) is 0.313. The first kappa shape index (κ1) is 19.1. The molecule has 3 aromatic rings. The fourth-order valence-corrected chi connectivity index (χ4v) is 3.87. The van der Waals surface area contributed by atoms with Crippen LogP contribution < -0.4 is 15.3 Å². The lowest BCUT2D eigenvalue weighted by molar-refractivity contribution is 0.0722. The lowest BCUT2D eigenvalue weighted by atomic mass is 10.1. The van der Waals surface area contributed by atoms with E-state index in [0.29, 0.717) is 36.4 Å². The van der Waals surface area contributed by atoms with Crippen LogP contribution in [0.25, 0.3) is 11.0 Å². The SMILES string of the molecule is COc1ccc2cc(C(=O)N3CCN(c4cccc(C)c4)[C@H](C)C3)c(=O)oc2c1. The van der Waals surface area contributed by atoms with E-state index in [1.165, 1.54) is 5.56 Å². The van der Waals surface area contributed by atoms with Crippen molar-refractivity contribution in [2.45, 2.75) is 19.9 Å². The second kappa shape index (κ2) is 7.62. The van der Waals surface area contributed by atoms with Gasteiger partial charge in [-0.25, -0.2) is 4.79 Å². The molecule has 0 aliphatic carbocycles. The lowest BCUT2D eigenvalue weighted by Crippen LogP contribution is -2.54. The van der Waals surface area contributed by atoms with Crippen LogP contribution in [-0.4, -0.2) is 43.6 Å². The second-order valence-corrected chi connectivity index (χ2v) is 7.48. The zero-order valence-electron chi connectivity index (χ0n) is 16.8. The van der Waals surface area contributed by atoms with E-state index in [0.717, 1.165) is 5.69 Å². The average Bonchev–Trinajstić information content (AvgIpc) is 2.72. The molecule has 1 aliphatic rings. The Kier molecular flexibility index (Phi) is 5.01. The van der Waals surface area contributed by atoms with E-state index in [9.17, 15) is 9.59 Å². The smallest absolute Gasteiger partial charge is 0.349 e. The number of piperazine rings is 1. The minimum atomic E-state index is -0.621. The summed E-state index contributed by atoms with van der Waals surface area (Å²) >= 11 is 0. The molecule has 0 N–H and O–H groups in total. The highest BCUT2D eigenvalue weighted by molar-refractivity contribution is 5.97. The van der Waals surface area contributed by atoms with Crippen LogP contribution in [0.3, 0.4) is 0 Å². The maximum absolute atomic E-state index is 13.1. The fourth-order valence-electron chi connectivity index (χ4n) is 3.87. The van der Waals surface area contributed by atoms with Crippen molar-refractivity contribution in [1.29, 1.82) is 0 Å². The number of carbonyl (C=O) groups excluding carboxylic acids is 1. The number of anilines is 1. The van der Waals surface area contributed by atoms with Crippen LogP contribution >= 0.6 is 0 Å². The number of amides is 1. The molecule has 0 unspecified atom stereocenters. The third-order valence-corrected chi connectivity index (χ3v) is 5.42. The Morgan fingerprint density at radius 1 is 1.14 bits per heavy atom. The van der Waals surface area contributed by atoms with E-state index in [2.05, 4.69) is 36.9 Å². The van der Waals surface area contributed by atoms with Crippen LogP contribution in [0.1, 0.15) is 22.8 Å². The minimum absolute atomic E-state index is 0.0684. The quantitative estimate of drug-likeness (QED) is 0.639. The highest BCUT2D eigenvalue weighted by atomic mass is 16.5. The molecular weight excluding hydrogens is 368 g/mol. The summed E-state index contributed by atoms with van der Waals surface area (Å²) in [6.45, 7) is 5.98. The summed E-state index contributed by atoms with van der Waals surface area (Å²) in [6, 6.07) is 15.3. The Morgan fingerprint density at radius 3 is 2.69 bits per heavy atom. The molecule has 0 spiro atoms. The van der Waals surface area contributed by atoms with Crippen molar-refractivity contribution in [2.24, 2.45) is 0 Å². The molecular formula is C23H24N2O4. The fraction of sp³-hybridized carbons (Fsp3) is 0.304. The summed E-state index contributed by atoms with van der Waals surface area (Å²) < 4.78 is 10.5. The van der Waals surface area contributed by atoms with Gasteiger partial charge in [-0.2, -0.15) is 0 Å². The molecule has 0 radical (unpaired) electrons. The first-order chi connectivity index (χ1) is 14.0. The number of carbonyl (C=O) groups is 1. The van der Waals surface area contributed by atoms with Gasteiger partial charge in [-0.15, -0.1) is 0 Å². The van der Waals surface area contributed by atoms with Crippen molar-refractivity contribution in [3.8, 4) is 5.75 Å². The summed E-state index contributed by atoms with van der Waals surface area (Å²) in [4.78, 5) is 29.5. The van der Waals surface area contributed by atoms with E-state index in [1.807, 2.05) is 6.07 Å². The third-order valence-electron chi connectivity index (χ3n) is 5.42. The standard InChI is InChI=1S/C23H24N2O4/c1-15-5-4-6-18(11-15)25-10-9-24(14-16(25)2)22(26)20-12-17-7-8-19(28-3)13-21(17)29-23(20)27/h4-8,11-13,16H,9-10,14H2,1-3H3/t16-/m1/s1. The van der Waals surface area contributed by atoms with Gasteiger partial charge < -0.3 is 19.0 Å². The van der Waals surface area contributed by atoms with Crippen molar-refractivity contribution < 1.29 is 13.9 Å². The zero-order chi connectivity index (χ0) is 20.5. The van der Waals surface area contributed by atoms with Crippen molar-refractivity contribution >= 4 is 22.6 Å². The molecule has 150 valence electrons.